The van der Waals surface area contributed by atoms with E-state index in [-0.39, 0.29) is 17.9 Å². The fraction of sp³-hybridized carbons (Fsp3) is 0.278. The van der Waals surface area contributed by atoms with Gasteiger partial charge < -0.3 is 9.84 Å². The molecule has 1 amide bonds. The summed E-state index contributed by atoms with van der Waals surface area (Å²) in [5, 5.41) is 8.98. The number of nitrogens with one attached hydrogen (secondary N) is 1. The zero-order valence-electron chi connectivity index (χ0n) is 13.9. The summed E-state index contributed by atoms with van der Waals surface area (Å²) in [5.74, 6) is 0.990. The quantitative estimate of drug-likeness (QED) is 0.604. The van der Waals surface area contributed by atoms with Crippen LogP contribution in [0.2, 0.25) is 0 Å². The predicted molar refractivity (Wildman–Crippen MR) is 101 cm³/mol. The van der Waals surface area contributed by atoms with Gasteiger partial charge in [0.25, 0.3) is 5.91 Å². The molecule has 0 aliphatic rings. The van der Waals surface area contributed by atoms with Gasteiger partial charge in [-0.15, -0.1) is 11.3 Å². The van der Waals surface area contributed by atoms with Crippen LogP contribution >= 0.6 is 27.3 Å². The van der Waals surface area contributed by atoms with E-state index in [2.05, 4.69) is 45.2 Å². The summed E-state index contributed by atoms with van der Waals surface area (Å²) >= 11 is 4.82. The summed E-state index contributed by atoms with van der Waals surface area (Å²) in [5.41, 5.74) is 0.866. The molecular formula is C18H18BrN3O2S. The molecule has 0 unspecified atom stereocenters. The van der Waals surface area contributed by atoms with Gasteiger partial charge >= 0.3 is 0 Å². The Morgan fingerprint density at radius 2 is 2.08 bits per heavy atom. The number of rotatable bonds is 6. The molecule has 0 fully saturated rings. The highest BCUT2D eigenvalue weighted by atomic mass is 79.9. The number of benzene rings is 1. The Labute approximate surface area is 158 Å². The fourth-order valence-electron chi connectivity index (χ4n) is 2.38. The largest absolute Gasteiger partial charge is 0.339 e. The SMILES string of the molecule is CC[C@H](C)[C@H](NC(=O)c1cccs1)c1nc(-c2ccc(Br)cc2)no1. The second kappa shape index (κ2) is 7.93. The molecule has 7 heteroatoms. The highest BCUT2D eigenvalue weighted by Gasteiger charge is 2.27. The van der Waals surface area contributed by atoms with E-state index in [1.165, 1.54) is 11.3 Å². The van der Waals surface area contributed by atoms with Crippen LogP contribution in [-0.4, -0.2) is 16.0 Å². The van der Waals surface area contributed by atoms with Gasteiger partial charge in [-0.1, -0.05) is 47.4 Å². The van der Waals surface area contributed by atoms with Crippen LogP contribution in [0.3, 0.4) is 0 Å². The summed E-state index contributed by atoms with van der Waals surface area (Å²) in [4.78, 5) is 17.6. The van der Waals surface area contributed by atoms with Crippen LogP contribution in [-0.2, 0) is 0 Å². The van der Waals surface area contributed by atoms with Crippen molar-refractivity contribution in [2.45, 2.75) is 26.3 Å². The highest BCUT2D eigenvalue weighted by molar-refractivity contribution is 9.10. The first-order chi connectivity index (χ1) is 12.1. The Hall–Kier alpha value is -1.99. The van der Waals surface area contributed by atoms with E-state index >= 15 is 0 Å². The zero-order valence-corrected chi connectivity index (χ0v) is 16.3. The van der Waals surface area contributed by atoms with Gasteiger partial charge in [0.1, 0.15) is 6.04 Å². The lowest BCUT2D eigenvalue weighted by molar-refractivity contribution is 0.0914. The van der Waals surface area contributed by atoms with Gasteiger partial charge in [0.05, 0.1) is 4.88 Å². The molecule has 0 radical (unpaired) electrons. The van der Waals surface area contributed by atoms with E-state index < -0.39 is 0 Å². The van der Waals surface area contributed by atoms with Gasteiger partial charge in [-0.05, 0) is 41.6 Å². The minimum Gasteiger partial charge on any atom is -0.339 e. The smallest absolute Gasteiger partial charge is 0.262 e. The molecule has 2 atom stereocenters. The molecular weight excluding hydrogens is 402 g/mol. The van der Waals surface area contributed by atoms with E-state index in [0.717, 1.165) is 16.5 Å². The van der Waals surface area contributed by atoms with E-state index in [4.69, 9.17) is 4.52 Å². The third kappa shape index (κ3) is 4.16. The van der Waals surface area contributed by atoms with E-state index in [1.54, 1.807) is 6.07 Å². The minimum absolute atomic E-state index is 0.122. The van der Waals surface area contributed by atoms with Crippen LogP contribution in [0.4, 0.5) is 0 Å². The van der Waals surface area contributed by atoms with Crippen molar-refractivity contribution >= 4 is 33.2 Å². The van der Waals surface area contributed by atoms with Crippen LogP contribution in [0.15, 0.2) is 50.8 Å². The maximum absolute atomic E-state index is 12.4. The maximum Gasteiger partial charge on any atom is 0.262 e. The van der Waals surface area contributed by atoms with Crippen molar-refractivity contribution < 1.29 is 9.32 Å². The summed E-state index contributed by atoms with van der Waals surface area (Å²) in [7, 11) is 0. The van der Waals surface area contributed by atoms with Crippen molar-refractivity contribution in [3.8, 4) is 11.4 Å². The molecule has 3 rings (SSSR count). The first-order valence-electron chi connectivity index (χ1n) is 8.02. The van der Waals surface area contributed by atoms with Crippen LogP contribution in [0, 0.1) is 5.92 Å². The average molecular weight is 420 g/mol. The molecule has 0 aliphatic heterocycles. The lowest BCUT2D eigenvalue weighted by Crippen LogP contribution is -2.32. The Bertz CT molecular complexity index is 830. The highest BCUT2D eigenvalue weighted by Crippen LogP contribution is 2.27. The van der Waals surface area contributed by atoms with Crippen LogP contribution in [0.5, 0.6) is 0 Å². The lowest BCUT2D eigenvalue weighted by Gasteiger charge is -2.20. The molecule has 0 bridgehead atoms. The van der Waals surface area contributed by atoms with Crippen molar-refractivity contribution in [1.29, 1.82) is 0 Å². The Morgan fingerprint density at radius 3 is 2.72 bits per heavy atom. The van der Waals surface area contributed by atoms with Gasteiger partial charge in [-0.3, -0.25) is 4.79 Å². The normalized spacial score (nSPS) is 13.4. The van der Waals surface area contributed by atoms with Crippen LogP contribution in [0.25, 0.3) is 11.4 Å². The number of hydrogen-bond donors (Lipinski definition) is 1. The summed E-state index contributed by atoms with van der Waals surface area (Å²) in [6.45, 7) is 4.13. The molecule has 1 N–H and O–H groups in total. The molecule has 3 aromatic rings. The average Bonchev–Trinajstić information content (AvgIpc) is 3.31. The number of halogens is 1. The van der Waals surface area contributed by atoms with Crippen molar-refractivity contribution in [3.63, 3.8) is 0 Å². The minimum atomic E-state index is -0.323. The first-order valence-corrected chi connectivity index (χ1v) is 9.69. The Balaban J connectivity index is 1.84. The lowest BCUT2D eigenvalue weighted by atomic mass is 9.99. The first kappa shape index (κ1) is 17.8. The molecule has 0 saturated carbocycles. The van der Waals surface area contributed by atoms with Crippen LogP contribution in [0.1, 0.15) is 41.9 Å². The molecule has 1 aromatic carbocycles. The second-order valence-electron chi connectivity index (χ2n) is 5.78. The topological polar surface area (TPSA) is 68.0 Å². The third-order valence-corrected chi connectivity index (χ3v) is 5.45. The van der Waals surface area contributed by atoms with Crippen LogP contribution < -0.4 is 5.32 Å². The Morgan fingerprint density at radius 1 is 1.32 bits per heavy atom. The summed E-state index contributed by atoms with van der Waals surface area (Å²) in [6.07, 6.45) is 0.880. The van der Waals surface area contributed by atoms with Gasteiger partial charge in [0.15, 0.2) is 0 Å². The predicted octanol–water partition coefficient (Wildman–Crippen LogP) is 5.08. The van der Waals surface area contributed by atoms with Gasteiger partial charge in [-0.2, -0.15) is 4.98 Å². The molecule has 5 nitrogen and oxygen atoms in total. The number of carbonyl (C=O) groups is 1. The summed E-state index contributed by atoms with van der Waals surface area (Å²) in [6, 6.07) is 11.0. The van der Waals surface area contributed by atoms with Crippen molar-refractivity contribution in [2.24, 2.45) is 5.92 Å². The van der Waals surface area contributed by atoms with Gasteiger partial charge in [0, 0.05) is 10.0 Å². The van der Waals surface area contributed by atoms with Gasteiger partial charge in [-0.25, -0.2) is 0 Å². The summed E-state index contributed by atoms with van der Waals surface area (Å²) < 4.78 is 6.46. The molecule has 2 aromatic heterocycles. The number of thiophene rings is 1. The van der Waals surface area contributed by atoms with E-state index in [9.17, 15) is 4.79 Å². The number of nitrogens with zero attached hydrogens (tertiary/aromatic N) is 2. The monoisotopic (exact) mass is 419 g/mol. The molecule has 0 saturated heterocycles. The standard InChI is InChI=1S/C18H18BrN3O2S/c1-3-11(2)15(20-17(23)14-5-4-10-25-14)18-21-16(22-24-18)12-6-8-13(19)9-7-12/h4-11,15H,3H2,1-2H3,(H,20,23)/t11-,15-/m0/s1. The molecule has 2 heterocycles. The molecule has 25 heavy (non-hydrogen) atoms. The number of amides is 1. The van der Waals surface area contributed by atoms with E-state index in [1.807, 2.05) is 35.7 Å². The maximum atomic E-state index is 12.4. The molecule has 0 aliphatic carbocycles. The van der Waals surface area contributed by atoms with Crippen molar-refractivity contribution in [2.75, 3.05) is 0 Å². The van der Waals surface area contributed by atoms with Gasteiger partial charge in [0.2, 0.25) is 11.7 Å². The van der Waals surface area contributed by atoms with E-state index in [0.29, 0.717) is 16.6 Å². The second-order valence-corrected chi connectivity index (χ2v) is 7.64. The fourth-order valence-corrected chi connectivity index (χ4v) is 3.27. The number of carbonyl (C=O) groups excluding carboxylic acids is 1. The molecule has 0 spiro atoms. The Kier molecular flexibility index (Phi) is 5.65. The number of aromatic nitrogens is 2. The zero-order chi connectivity index (χ0) is 17.8. The number of hydrogen-bond acceptors (Lipinski definition) is 5. The third-order valence-electron chi connectivity index (χ3n) is 4.05. The molecule has 130 valence electrons. The van der Waals surface area contributed by atoms with Crippen molar-refractivity contribution in [1.82, 2.24) is 15.5 Å². The van der Waals surface area contributed by atoms with Crippen molar-refractivity contribution in [3.05, 3.63) is 57.0 Å².